The maximum absolute atomic E-state index is 12.8. The van der Waals surface area contributed by atoms with Crippen LogP contribution in [-0.2, 0) is 11.0 Å². The van der Waals surface area contributed by atoms with Gasteiger partial charge < -0.3 is 10.6 Å². The molecule has 1 heterocycles. The molecule has 1 fully saturated rings. The van der Waals surface area contributed by atoms with Crippen molar-refractivity contribution in [2.75, 3.05) is 32.7 Å². The van der Waals surface area contributed by atoms with E-state index in [1.807, 2.05) is 20.8 Å². The van der Waals surface area contributed by atoms with Gasteiger partial charge in [-0.3, -0.25) is 9.69 Å². The smallest absolute Gasteiger partial charge is 0.354 e. The van der Waals surface area contributed by atoms with Crippen LogP contribution in [0.5, 0.6) is 0 Å². The number of nitrogens with zero attached hydrogens (tertiary/aromatic N) is 1. The van der Waals surface area contributed by atoms with E-state index in [1.165, 1.54) is 12.1 Å². The first-order chi connectivity index (χ1) is 12.3. The molecule has 1 aliphatic rings. The summed E-state index contributed by atoms with van der Waals surface area (Å²) in [5, 5.41) is 6.15. The lowest BCUT2D eigenvalue weighted by atomic mass is 9.88. The highest BCUT2D eigenvalue weighted by atomic mass is 19.4. The molecule has 0 spiro atoms. The van der Waals surface area contributed by atoms with Crippen LogP contribution in [0.4, 0.5) is 13.2 Å². The summed E-state index contributed by atoms with van der Waals surface area (Å²) in [5.74, 6) is 0.287. The number of benzene rings is 1. The van der Waals surface area contributed by atoms with Gasteiger partial charge in [-0.05, 0) is 49.8 Å². The fraction of sp³-hybridized carbons (Fsp3) is 0.632. The van der Waals surface area contributed by atoms with Crippen LogP contribution in [-0.4, -0.2) is 43.5 Å². The van der Waals surface area contributed by atoms with Crippen molar-refractivity contribution >= 4 is 5.91 Å². The van der Waals surface area contributed by atoms with Gasteiger partial charge in [-0.15, -0.1) is 0 Å². The number of amides is 1. The van der Waals surface area contributed by atoms with E-state index in [-0.39, 0.29) is 17.9 Å². The SMILES string of the molecule is CCN(CC)C(CNC(=O)C(C)C1CNC1)c1ccc(C(F)(F)F)cc1. The van der Waals surface area contributed by atoms with Gasteiger partial charge in [0.25, 0.3) is 0 Å². The van der Waals surface area contributed by atoms with Crippen molar-refractivity contribution in [3.05, 3.63) is 35.4 Å². The number of carbonyl (C=O) groups excluding carboxylic acids is 1. The van der Waals surface area contributed by atoms with Crippen LogP contribution < -0.4 is 10.6 Å². The molecule has 1 aromatic rings. The van der Waals surface area contributed by atoms with Gasteiger partial charge in [0.1, 0.15) is 0 Å². The highest BCUT2D eigenvalue weighted by Gasteiger charge is 2.31. The van der Waals surface area contributed by atoms with Crippen molar-refractivity contribution in [3.8, 4) is 0 Å². The van der Waals surface area contributed by atoms with Gasteiger partial charge >= 0.3 is 6.18 Å². The first kappa shape index (κ1) is 20.7. The van der Waals surface area contributed by atoms with Gasteiger partial charge in [0.15, 0.2) is 0 Å². The highest BCUT2D eigenvalue weighted by Crippen LogP contribution is 2.30. The number of nitrogens with one attached hydrogen (secondary N) is 2. The third kappa shape index (κ3) is 4.98. The van der Waals surface area contributed by atoms with Crippen LogP contribution in [0.15, 0.2) is 24.3 Å². The number of carbonyl (C=O) groups is 1. The van der Waals surface area contributed by atoms with Gasteiger partial charge in [-0.1, -0.05) is 32.9 Å². The zero-order valence-corrected chi connectivity index (χ0v) is 15.6. The van der Waals surface area contributed by atoms with Gasteiger partial charge in [-0.2, -0.15) is 13.2 Å². The van der Waals surface area contributed by atoms with Crippen molar-refractivity contribution in [1.29, 1.82) is 0 Å². The molecule has 2 unspecified atom stereocenters. The molecule has 1 aliphatic heterocycles. The number of hydrogen-bond acceptors (Lipinski definition) is 3. The summed E-state index contributed by atoms with van der Waals surface area (Å²) in [4.78, 5) is 14.5. The van der Waals surface area contributed by atoms with E-state index in [1.54, 1.807) is 0 Å². The van der Waals surface area contributed by atoms with Gasteiger partial charge in [0.2, 0.25) is 5.91 Å². The van der Waals surface area contributed by atoms with Gasteiger partial charge in [0, 0.05) is 12.5 Å². The molecular formula is C19H28F3N3O. The third-order valence-corrected chi connectivity index (χ3v) is 5.28. The normalized spacial score (nSPS) is 17.7. The van der Waals surface area contributed by atoms with Crippen molar-refractivity contribution in [2.24, 2.45) is 11.8 Å². The Hall–Kier alpha value is -1.60. The Morgan fingerprint density at radius 2 is 1.81 bits per heavy atom. The second kappa shape index (κ2) is 8.86. The predicted molar refractivity (Wildman–Crippen MR) is 95.6 cm³/mol. The Labute approximate surface area is 153 Å². The molecule has 2 N–H and O–H groups in total. The van der Waals surface area contributed by atoms with Crippen LogP contribution in [0.25, 0.3) is 0 Å². The third-order valence-electron chi connectivity index (χ3n) is 5.28. The predicted octanol–water partition coefficient (Wildman–Crippen LogP) is 3.06. The van der Waals surface area contributed by atoms with Crippen molar-refractivity contribution in [1.82, 2.24) is 15.5 Å². The Morgan fingerprint density at radius 3 is 2.23 bits per heavy atom. The molecule has 2 rings (SSSR count). The minimum Gasteiger partial charge on any atom is -0.354 e. The maximum Gasteiger partial charge on any atom is 0.416 e. The molecule has 0 radical (unpaired) electrons. The lowest BCUT2D eigenvalue weighted by Gasteiger charge is -2.34. The first-order valence-corrected chi connectivity index (χ1v) is 9.17. The standard InChI is InChI=1S/C19H28F3N3O/c1-4-25(5-2)17(12-24-18(26)13(3)15-10-23-11-15)14-6-8-16(9-7-14)19(20,21)22/h6-9,13,15,17,23H,4-5,10-12H2,1-3H3,(H,24,26). The number of alkyl halides is 3. The molecule has 0 saturated carbocycles. The van der Waals surface area contributed by atoms with E-state index < -0.39 is 11.7 Å². The van der Waals surface area contributed by atoms with E-state index in [0.29, 0.717) is 12.5 Å². The lowest BCUT2D eigenvalue weighted by Crippen LogP contribution is -2.50. The number of halogens is 3. The van der Waals surface area contributed by atoms with E-state index in [2.05, 4.69) is 15.5 Å². The quantitative estimate of drug-likeness (QED) is 0.738. The molecule has 7 heteroatoms. The summed E-state index contributed by atoms with van der Waals surface area (Å²) in [6.45, 7) is 9.53. The fourth-order valence-electron chi connectivity index (χ4n) is 3.25. The summed E-state index contributed by atoms with van der Waals surface area (Å²) in [7, 11) is 0. The van der Waals surface area contributed by atoms with Crippen LogP contribution in [0, 0.1) is 11.8 Å². The Balaban J connectivity index is 2.09. The molecule has 0 aliphatic carbocycles. The minimum atomic E-state index is -4.34. The molecule has 1 saturated heterocycles. The first-order valence-electron chi connectivity index (χ1n) is 9.17. The van der Waals surface area contributed by atoms with E-state index in [4.69, 9.17) is 0 Å². The molecule has 2 atom stereocenters. The highest BCUT2D eigenvalue weighted by molar-refractivity contribution is 5.78. The summed E-state index contributed by atoms with van der Waals surface area (Å²) in [6.07, 6.45) is -4.34. The molecule has 26 heavy (non-hydrogen) atoms. The topological polar surface area (TPSA) is 44.4 Å². The lowest BCUT2D eigenvalue weighted by molar-refractivity contribution is -0.137. The molecule has 4 nitrogen and oxygen atoms in total. The molecule has 1 aromatic carbocycles. The Bertz CT molecular complexity index is 581. The Kier molecular flexibility index (Phi) is 7.06. The van der Waals surface area contributed by atoms with Crippen LogP contribution in [0.3, 0.4) is 0 Å². The van der Waals surface area contributed by atoms with Crippen molar-refractivity contribution in [2.45, 2.75) is 33.0 Å². The number of likely N-dealkylation sites (N-methyl/N-ethyl adjacent to an activating group) is 1. The van der Waals surface area contributed by atoms with Crippen molar-refractivity contribution in [3.63, 3.8) is 0 Å². The molecular weight excluding hydrogens is 343 g/mol. The zero-order chi connectivity index (χ0) is 19.3. The summed E-state index contributed by atoms with van der Waals surface area (Å²) >= 11 is 0. The average molecular weight is 371 g/mol. The van der Waals surface area contributed by atoms with Gasteiger partial charge in [0.05, 0.1) is 11.6 Å². The van der Waals surface area contributed by atoms with Crippen LogP contribution in [0.2, 0.25) is 0 Å². The summed E-state index contributed by atoms with van der Waals surface area (Å²) < 4.78 is 38.4. The second-order valence-corrected chi connectivity index (χ2v) is 6.81. The molecule has 0 aromatic heterocycles. The number of rotatable bonds is 8. The summed E-state index contributed by atoms with van der Waals surface area (Å²) in [5.41, 5.74) is 0.120. The minimum absolute atomic E-state index is 0.000526. The van der Waals surface area contributed by atoms with E-state index in [0.717, 1.165) is 43.9 Å². The van der Waals surface area contributed by atoms with Crippen LogP contribution >= 0.6 is 0 Å². The molecule has 0 bridgehead atoms. The van der Waals surface area contributed by atoms with E-state index >= 15 is 0 Å². The van der Waals surface area contributed by atoms with E-state index in [9.17, 15) is 18.0 Å². The van der Waals surface area contributed by atoms with Crippen LogP contribution in [0.1, 0.15) is 37.9 Å². The molecule has 1 amide bonds. The van der Waals surface area contributed by atoms with Gasteiger partial charge in [-0.25, -0.2) is 0 Å². The van der Waals surface area contributed by atoms with Crippen molar-refractivity contribution < 1.29 is 18.0 Å². The monoisotopic (exact) mass is 371 g/mol. The maximum atomic E-state index is 12.8. The Morgan fingerprint density at radius 1 is 1.23 bits per heavy atom. The molecule has 146 valence electrons. The zero-order valence-electron chi connectivity index (χ0n) is 15.6. The summed E-state index contributed by atoms with van der Waals surface area (Å²) in [6, 6.07) is 5.09. The number of hydrogen-bond donors (Lipinski definition) is 2. The largest absolute Gasteiger partial charge is 0.416 e. The average Bonchev–Trinajstić information content (AvgIpc) is 2.56. The second-order valence-electron chi connectivity index (χ2n) is 6.81. The fourth-order valence-corrected chi connectivity index (χ4v) is 3.25.